The Balaban J connectivity index is 3.05. The number of non-ortho nitro benzene ring substituents is 1. The second kappa shape index (κ2) is 3.93. The van der Waals surface area contributed by atoms with Crippen molar-refractivity contribution in [3.8, 4) is 0 Å². The number of hydrogen-bond donors (Lipinski definition) is 0. The van der Waals surface area contributed by atoms with Crippen molar-refractivity contribution in [3.63, 3.8) is 0 Å². The van der Waals surface area contributed by atoms with Gasteiger partial charge in [0.1, 0.15) is 5.25 Å². The standard InChI is InChI=1S/C8H8FNO4S/c1-6(15(9,13)14)7-2-4-8(5-3-7)10(11)12/h2-6H,1H3. The molecule has 0 saturated carbocycles. The lowest BCUT2D eigenvalue weighted by molar-refractivity contribution is -0.384. The van der Waals surface area contributed by atoms with Gasteiger partial charge in [0.2, 0.25) is 0 Å². The van der Waals surface area contributed by atoms with E-state index < -0.39 is 20.4 Å². The second-order valence-electron chi connectivity index (χ2n) is 2.97. The van der Waals surface area contributed by atoms with Gasteiger partial charge in [-0.25, -0.2) is 0 Å². The summed E-state index contributed by atoms with van der Waals surface area (Å²) in [6.07, 6.45) is 0. The van der Waals surface area contributed by atoms with Crippen molar-refractivity contribution in [2.75, 3.05) is 0 Å². The van der Waals surface area contributed by atoms with Gasteiger partial charge in [0.05, 0.1) is 4.92 Å². The minimum absolute atomic E-state index is 0.165. The molecule has 1 aromatic carbocycles. The molecule has 0 aliphatic heterocycles. The van der Waals surface area contributed by atoms with Crippen molar-refractivity contribution in [2.45, 2.75) is 12.2 Å². The number of halogens is 1. The van der Waals surface area contributed by atoms with E-state index in [2.05, 4.69) is 0 Å². The Bertz CT molecular complexity index is 468. The smallest absolute Gasteiger partial charge is 0.258 e. The molecule has 0 fully saturated rings. The van der Waals surface area contributed by atoms with Crippen LogP contribution in [0.15, 0.2) is 24.3 Å². The number of nitrogens with zero attached hydrogens (tertiary/aromatic N) is 1. The lowest BCUT2D eigenvalue weighted by Crippen LogP contribution is -2.03. The van der Waals surface area contributed by atoms with E-state index in [-0.39, 0.29) is 11.3 Å². The molecule has 0 aliphatic rings. The third-order valence-electron chi connectivity index (χ3n) is 2.00. The highest BCUT2D eigenvalue weighted by Crippen LogP contribution is 2.24. The van der Waals surface area contributed by atoms with E-state index in [0.29, 0.717) is 0 Å². The van der Waals surface area contributed by atoms with Gasteiger partial charge in [-0.1, -0.05) is 12.1 Å². The molecule has 0 spiro atoms. The topological polar surface area (TPSA) is 77.3 Å². The summed E-state index contributed by atoms with van der Waals surface area (Å²) in [5.74, 6) is 0. The molecule has 1 rings (SSSR count). The largest absolute Gasteiger partial charge is 0.309 e. The SMILES string of the molecule is CC(c1ccc([N+](=O)[O-])cc1)S(=O)(=O)F. The monoisotopic (exact) mass is 233 g/mol. The van der Waals surface area contributed by atoms with Crippen LogP contribution >= 0.6 is 0 Å². The summed E-state index contributed by atoms with van der Waals surface area (Å²) in [5.41, 5.74) is 0.0188. The van der Waals surface area contributed by atoms with Crippen molar-refractivity contribution < 1.29 is 17.2 Å². The highest BCUT2D eigenvalue weighted by atomic mass is 32.3. The first kappa shape index (κ1) is 11.6. The predicted octanol–water partition coefficient (Wildman–Crippen LogP) is 1.96. The van der Waals surface area contributed by atoms with Gasteiger partial charge in [0.15, 0.2) is 0 Å². The zero-order valence-corrected chi connectivity index (χ0v) is 8.57. The Hall–Kier alpha value is -1.50. The number of nitro groups is 1. The van der Waals surface area contributed by atoms with Crippen LogP contribution in [-0.2, 0) is 10.2 Å². The van der Waals surface area contributed by atoms with Gasteiger partial charge < -0.3 is 0 Å². The normalized spacial score (nSPS) is 13.5. The van der Waals surface area contributed by atoms with E-state index >= 15 is 0 Å². The quantitative estimate of drug-likeness (QED) is 0.454. The van der Waals surface area contributed by atoms with Crippen LogP contribution in [0.4, 0.5) is 9.57 Å². The Morgan fingerprint density at radius 1 is 1.33 bits per heavy atom. The van der Waals surface area contributed by atoms with Crippen LogP contribution in [0, 0.1) is 10.1 Å². The number of nitro benzene ring substituents is 1. The van der Waals surface area contributed by atoms with E-state index in [4.69, 9.17) is 0 Å². The zero-order chi connectivity index (χ0) is 11.6. The van der Waals surface area contributed by atoms with Crippen LogP contribution in [0.3, 0.4) is 0 Å². The maximum absolute atomic E-state index is 12.6. The van der Waals surface area contributed by atoms with Gasteiger partial charge >= 0.3 is 10.2 Å². The third-order valence-corrected chi connectivity index (χ3v) is 3.11. The molecule has 0 aliphatic carbocycles. The first-order valence-electron chi connectivity index (χ1n) is 4.00. The average molecular weight is 233 g/mol. The summed E-state index contributed by atoms with van der Waals surface area (Å²) >= 11 is 0. The van der Waals surface area contributed by atoms with Gasteiger partial charge in [-0.3, -0.25) is 10.1 Å². The third kappa shape index (κ3) is 2.72. The lowest BCUT2D eigenvalue weighted by Gasteiger charge is -2.05. The Morgan fingerprint density at radius 3 is 2.13 bits per heavy atom. The maximum Gasteiger partial charge on any atom is 0.309 e. The number of hydrogen-bond acceptors (Lipinski definition) is 4. The van der Waals surface area contributed by atoms with E-state index in [1.165, 1.54) is 19.1 Å². The van der Waals surface area contributed by atoms with Crippen LogP contribution in [0.5, 0.6) is 0 Å². The van der Waals surface area contributed by atoms with Crippen LogP contribution in [0.1, 0.15) is 17.7 Å². The van der Waals surface area contributed by atoms with E-state index in [0.717, 1.165) is 12.1 Å². The molecule has 1 aromatic rings. The summed E-state index contributed by atoms with van der Waals surface area (Å²) in [7, 11) is -4.66. The molecule has 1 unspecified atom stereocenters. The second-order valence-corrected chi connectivity index (χ2v) is 4.62. The molecule has 7 heteroatoms. The first-order valence-corrected chi connectivity index (χ1v) is 5.45. The van der Waals surface area contributed by atoms with Crippen LogP contribution in [0.2, 0.25) is 0 Å². The summed E-state index contributed by atoms with van der Waals surface area (Å²) in [6, 6.07) is 4.72. The van der Waals surface area contributed by atoms with E-state index in [1.54, 1.807) is 0 Å². The van der Waals surface area contributed by atoms with Gasteiger partial charge in [0, 0.05) is 12.1 Å². The Labute approximate surface area is 85.9 Å². The molecule has 1 atom stereocenters. The van der Waals surface area contributed by atoms with E-state index in [1.807, 2.05) is 0 Å². The van der Waals surface area contributed by atoms with Crippen LogP contribution in [0.25, 0.3) is 0 Å². The zero-order valence-electron chi connectivity index (χ0n) is 7.75. The highest BCUT2D eigenvalue weighted by Gasteiger charge is 2.21. The molecule has 0 aromatic heterocycles. The molecule has 0 heterocycles. The summed E-state index contributed by atoms with van der Waals surface area (Å²) in [4.78, 5) is 9.68. The van der Waals surface area contributed by atoms with Gasteiger partial charge in [-0.2, -0.15) is 8.42 Å². The fourth-order valence-electron chi connectivity index (χ4n) is 1.03. The minimum Gasteiger partial charge on any atom is -0.258 e. The molecule has 15 heavy (non-hydrogen) atoms. The summed E-state index contributed by atoms with van der Waals surface area (Å²) in [5, 5.41) is 8.99. The molecular formula is C8H8FNO4S. The fourth-order valence-corrected chi connectivity index (χ4v) is 1.51. The maximum atomic E-state index is 12.6. The number of rotatable bonds is 3. The highest BCUT2D eigenvalue weighted by molar-refractivity contribution is 7.86. The molecular weight excluding hydrogens is 225 g/mol. The molecule has 0 N–H and O–H groups in total. The Kier molecular flexibility index (Phi) is 3.04. The molecule has 82 valence electrons. The van der Waals surface area contributed by atoms with E-state index in [9.17, 15) is 22.4 Å². The van der Waals surface area contributed by atoms with Crippen molar-refractivity contribution in [1.82, 2.24) is 0 Å². The lowest BCUT2D eigenvalue weighted by atomic mass is 10.1. The van der Waals surface area contributed by atoms with Crippen LogP contribution in [-0.4, -0.2) is 13.3 Å². The van der Waals surface area contributed by atoms with Gasteiger partial charge in [0.25, 0.3) is 5.69 Å². The summed E-state index contributed by atoms with van der Waals surface area (Å²) in [6.45, 7) is 1.18. The first-order chi connectivity index (χ1) is 6.82. The van der Waals surface area contributed by atoms with Gasteiger partial charge in [-0.05, 0) is 12.5 Å². The predicted molar refractivity (Wildman–Crippen MR) is 51.5 cm³/mol. The number of benzene rings is 1. The molecule has 0 saturated heterocycles. The fraction of sp³-hybridized carbons (Fsp3) is 0.250. The summed E-state index contributed by atoms with van der Waals surface area (Å²) < 4.78 is 33.7. The molecule has 0 amide bonds. The van der Waals surface area contributed by atoms with Crippen molar-refractivity contribution >= 4 is 15.9 Å². The Morgan fingerprint density at radius 2 is 1.80 bits per heavy atom. The molecule has 0 radical (unpaired) electrons. The molecule has 5 nitrogen and oxygen atoms in total. The average Bonchev–Trinajstić information content (AvgIpc) is 2.15. The van der Waals surface area contributed by atoms with Gasteiger partial charge in [-0.15, -0.1) is 3.89 Å². The minimum atomic E-state index is -4.66. The van der Waals surface area contributed by atoms with Crippen molar-refractivity contribution in [2.24, 2.45) is 0 Å². The van der Waals surface area contributed by atoms with Crippen molar-refractivity contribution in [3.05, 3.63) is 39.9 Å². The van der Waals surface area contributed by atoms with Crippen molar-refractivity contribution in [1.29, 1.82) is 0 Å². The molecule has 0 bridgehead atoms. The van der Waals surface area contributed by atoms with Crippen LogP contribution < -0.4 is 0 Å².